The SMILES string of the molecule is Cc1cccc2c(Nc3ccnc(Nc4cccc(C5CCOCC5)c4)c3)cnnc12. The fourth-order valence-corrected chi connectivity index (χ4v) is 4.10. The molecule has 2 aromatic carbocycles. The minimum Gasteiger partial charge on any atom is -0.381 e. The molecular weight excluding hydrogens is 386 g/mol. The number of benzene rings is 2. The lowest BCUT2D eigenvalue weighted by Crippen LogP contribution is -2.14. The van der Waals surface area contributed by atoms with Crippen LogP contribution in [0.5, 0.6) is 0 Å². The van der Waals surface area contributed by atoms with Gasteiger partial charge in [0.2, 0.25) is 0 Å². The van der Waals surface area contributed by atoms with E-state index in [1.54, 1.807) is 12.4 Å². The lowest BCUT2D eigenvalue weighted by atomic mass is 9.91. The van der Waals surface area contributed by atoms with Gasteiger partial charge in [0.15, 0.2) is 0 Å². The number of nitrogens with one attached hydrogen (secondary N) is 2. The van der Waals surface area contributed by atoms with E-state index in [9.17, 15) is 0 Å². The molecule has 1 fully saturated rings. The van der Waals surface area contributed by atoms with Crippen LogP contribution in [-0.4, -0.2) is 28.4 Å². The molecule has 6 nitrogen and oxygen atoms in total. The zero-order chi connectivity index (χ0) is 21.0. The van der Waals surface area contributed by atoms with Crippen molar-refractivity contribution in [1.29, 1.82) is 0 Å². The molecule has 4 aromatic rings. The van der Waals surface area contributed by atoms with Gasteiger partial charge in [-0.2, -0.15) is 10.2 Å². The van der Waals surface area contributed by atoms with Gasteiger partial charge < -0.3 is 15.4 Å². The Kier molecular flexibility index (Phi) is 5.46. The number of hydrogen-bond acceptors (Lipinski definition) is 6. The van der Waals surface area contributed by atoms with Crippen molar-refractivity contribution in [3.8, 4) is 0 Å². The molecule has 156 valence electrons. The van der Waals surface area contributed by atoms with E-state index in [1.807, 2.05) is 31.2 Å². The number of pyridine rings is 1. The highest BCUT2D eigenvalue weighted by Crippen LogP contribution is 2.30. The largest absolute Gasteiger partial charge is 0.381 e. The number of anilines is 4. The van der Waals surface area contributed by atoms with Gasteiger partial charge in [0.25, 0.3) is 0 Å². The zero-order valence-corrected chi connectivity index (χ0v) is 17.5. The van der Waals surface area contributed by atoms with Crippen LogP contribution in [0.1, 0.15) is 29.9 Å². The molecular formula is C25H25N5O. The minimum atomic E-state index is 0.562. The first-order valence-electron chi connectivity index (χ1n) is 10.6. The lowest BCUT2D eigenvalue weighted by Gasteiger charge is -2.23. The smallest absolute Gasteiger partial charge is 0.132 e. The molecule has 0 aliphatic carbocycles. The van der Waals surface area contributed by atoms with Crippen LogP contribution in [0.25, 0.3) is 10.9 Å². The number of aryl methyl sites for hydroxylation is 1. The lowest BCUT2D eigenvalue weighted by molar-refractivity contribution is 0.0853. The number of rotatable bonds is 5. The Labute approximate surface area is 181 Å². The van der Waals surface area contributed by atoms with Gasteiger partial charge in [0.1, 0.15) is 5.82 Å². The molecule has 3 heterocycles. The van der Waals surface area contributed by atoms with Gasteiger partial charge >= 0.3 is 0 Å². The molecule has 0 bridgehead atoms. The van der Waals surface area contributed by atoms with E-state index < -0.39 is 0 Å². The van der Waals surface area contributed by atoms with E-state index in [1.165, 1.54) is 5.56 Å². The van der Waals surface area contributed by atoms with Crippen molar-refractivity contribution in [2.24, 2.45) is 0 Å². The summed E-state index contributed by atoms with van der Waals surface area (Å²) < 4.78 is 5.50. The first kappa shape index (κ1) is 19.5. The maximum absolute atomic E-state index is 5.50. The predicted octanol–water partition coefficient (Wildman–Crippen LogP) is 5.71. The normalized spacial score (nSPS) is 14.5. The average molecular weight is 412 g/mol. The van der Waals surface area contributed by atoms with Crippen molar-refractivity contribution in [1.82, 2.24) is 15.2 Å². The summed E-state index contributed by atoms with van der Waals surface area (Å²) in [5, 5.41) is 16.4. The fraction of sp³-hybridized carbons (Fsp3) is 0.240. The third-order valence-electron chi connectivity index (χ3n) is 5.76. The molecule has 0 amide bonds. The van der Waals surface area contributed by atoms with Crippen molar-refractivity contribution in [2.45, 2.75) is 25.7 Å². The van der Waals surface area contributed by atoms with Crippen LogP contribution in [0.2, 0.25) is 0 Å². The van der Waals surface area contributed by atoms with Crippen LogP contribution in [0.3, 0.4) is 0 Å². The Morgan fingerprint density at radius 2 is 1.77 bits per heavy atom. The van der Waals surface area contributed by atoms with Crippen molar-refractivity contribution in [2.75, 3.05) is 23.8 Å². The maximum atomic E-state index is 5.50. The Balaban J connectivity index is 1.36. The van der Waals surface area contributed by atoms with E-state index in [-0.39, 0.29) is 0 Å². The molecule has 0 spiro atoms. The molecule has 0 saturated carbocycles. The summed E-state index contributed by atoms with van der Waals surface area (Å²) >= 11 is 0. The summed E-state index contributed by atoms with van der Waals surface area (Å²) in [6, 6.07) is 18.7. The summed E-state index contributed by atoms with van der Waals surface area (Å²) in [4.78, 5) is 4.50. The molecule has 0 atom stereocenters. The number of aromatic nitrogens is 3. The van der Waals surface area contributed by atoms with Crippen molar-refractivity contribution in [3.63, 3.8) is 0 Å². The van der Waals surface area contributed by atoms with Crippen molar-refractivity contribution in [3.05, 3.63) is 78.1 Å². The molecule has 0 radical (unpaired) electrons. The summed E-state index contributed by atoms with van der Waals surface area (Å²) in [6.07, 6.45) is 5.71. The van der Waals surface area contributed by atoms with Gasteiger partial charge in [-0.05, 0) is 55.0 Å². The summed E-state index contributed by atoms with van der Waals surface area (Å²) in [5.41, 5.74) is 6.27. The summed E-state index contributed by atoms with van der Waals surface area (Å²) in [6.45, 7) is 3.73. The predicted molar refractivity (Wildman–Crippen MR) is 124 cm³/mol. The molecule has 1 saturated heterocycles. The number of ether oxygens (including phenoxy) is 1. The third-order valence-corrected chi connectivity index (χ3v) is 5.76. The fourth-order valence-electron chi connectivity index (χ4n) is 4.10. The topological polar surface area (TPSA) is 72.0 Å². The second-order valence-electron chi connectivity index (χ2n) is 7.92. The Morgan fingerprint density at radius 3 is 2.68 bits per heavy atom. The zero-order valence-electron chi connectivity index (χ0n) is 17.5. The average Bonchev–Trinajstić information content (AvgIpc) is 2.81. The van der Waals surface area contributed by atoms with Crippen LogP contribution in [0.4, 0.5) is 22.9 Å². The van der Waals surface area contributed by atoms with Gasteiger partial charge in [-0.25, -0.2) is 4.98 Å². The van der Waals surface area contributed by atoms with Gasteiger partial charge in [0, 0.05) is 42.2 Å². The van der Waals surface area contributed by atoms with E-state index >= 15 is 0 Å². The van der Waals surface area contributed by atoms with E-state index in [4.69, 9.17) is 4.74 Å². The third kappa shape index (κ3) is 4.34. The molecule has 0 unspecified atom stereocenters. The monoisotopic (exact) mass is 411 g/mol. The van der Waals surface area contributed by atoms with Crippen LogP contribution in [0.15, 0.2) is 67.0 Å². The second-order valence-corrected chi connectivity index (χ2v) is 7.92. The van der Waals surface area contributed by atoms with Crippen molar-refractivity contribution >= 4 is 33.8 Å². The van der Waals surface area contributed by atoms with E-state index in [2.05, 4.69) is 56.1 Å². The highest BCUT2D eigenvalue weighted by molar-refractivity contribution is 5.93. The summed E-state index contributed by atoms with van der Waals surface area (Å²) in [7, 11) is 0. The summed E-state index contributed by atoms with van der Waals surface area (Å²) in [5.74, 6) is 1.35. The Morgan fingerprint density at radius 1 is 0.935 bits per heavy atom. The molecule has 31 heavy (non-hydrogen) atoms. The molecule has 2 aromatic heterocycles. The first-order valence-corrected chi connectivity index (χ1v) is 10.6. The second kappa shape index (κ2) is 8.70. The Bertz CT molecular complexity index is 1200. The minimum absolute atomic E-state index is 0.562. The molecule has 5 rings (SSSR count). The molecule has 2 N–H and O–H groups in total. The number of fused-ring (bicyclic) bond motifs is 1. The quantitative estimate of drug-likeness (QED) is 0.438. The Hall–Kier alpha value is -3.51. The van der Waals surface area contributed by atoms with Crippen LogP contribution in [-0.2, 0) is 4.74 Å². The highest BCUT2D eigenvalue weighted by atomic mass is 16.5. The number of hydrogen-bond donors (Lipinski definition) is 2. The first-order chi connectivity index (χ1) is 15.3. The molecule has 1 aliphatic rings. The maximum Gasteiger partial charge on any atom is 0.132 e. The van der Waals surface area contributed by atoms with Gasteiger partial charge in [-0.1, -0.05) is 30.3 Å². The molecule has 6 heteroatoms. The number of nitrogens with zero attached hydrogens (tertiary/aromatic N) is 3. The van der Waals surface area contributed by atoms with Gasteiger partial charge in [-0.3, -0.25) is 0 Å². The standard InChI is InChI=1S/C25H25N5O/c1-17-4-2-7-22-23(16-27-30-25(17)22)28-21-8-11-26-24(15-21)29-20-6-3-5-19(14-20)18-9-12-31-13-10-18/h2-8,11,14-16,18H,9-10,12-13H2,1H3,(H2,26,28,29,30). The van der Waals surface area contributed by atoms with Crippen LogP contribution < -0.4 is 10.6 Å². The van der Waals surface area contributed by atoms with Crippen LogP contribution in [0, 0.1) is 6.92 Å². The van der Waals surface area contributed by atoms with Crippen molar-refractivity contribution < 1.29 is 4.74 Å². The van der Waals surface area contributed by atoms with E-state index in [0.717, 1.165) is 65.4 Å². The highest BCUT2D eigenvalue weighted by Gasteiger charge is 2.16. The molecule has 1 aliphatic heterocycles. The van der Waals surface area contributed by atoms with Gasteiger partial charge in [0.05, 0.1) is 17.4 Å². The van der Waals surface area contributed by atoms with Crippen LogP contribution >= 0.6 is 0 Å². The van der Waals surface area contributed by atoms with E-state index in [0.29, 0.717) is 5.92 Å². The van der Waals surface area contributed by atoms with Gasteiger partial charge in [-0.15, -0.1) is 0 Å².